The van der Waals surface area contributed by atoms with Gasteiger partial charge in [0, 0.05) is 36.2 Å². The van der Waals surface area contributed by atoms with Crippen molar-refractivity contribution in [3.8, 4) is 5.75 Å². The van der Waals surface area contributed by atoms with Crippen LogP contribution in [-0.2, 0) is 4.79 Å². The number of hydrogen-bond donors (Lipinski definition) is 2. The van der Waals surface area contributed by atoms with Crippen molar-refractivity contribution in [2.24, 2.45) is 0 Å². The van der Waals surface area contributed by atoms with Crippen LogP contribution in [0.15, 0.2) is 71.8 Å². The van der Waals surface area contributed by atoms with E-state index >= 15 is 4.32 Å². The van der Waals surface area contributed by atoms with Gasteiger partial charge in [-0.15, -0.1) is 11.3 Å². The molecule has 10 heteroatoms. The lowest BCUT2D eigenvalue weighted by atomic mass is 9.97. The van der Waals surface area contributed by atoms with E-state index in [1.165, 1.54) is 0 Å². The van der Waals surface area contributed by atoms with Gasteiger partial charge in [-0.3, -0.25) is 9.27 Å². The zero-order valence-corrected chi connectivity index (χ0v) is 22.5. The van der Waals surface area contributed by atoms with E-state index in [4.69, 9.17) is 4.74 Å². The van der Waals surface area contributed by atoms with E-state index in [-0.39, 0.29) is 17.2 Å². The monoisotopic (exact) mass is 549 g/mol. The summed E-state index contributed by atoms with van der Waals surface area (Å²) in [4.78, 5) is 13.0. The Morgan fingerprint density at radius 2 is 1.90 bits per heavy atom. The lowest BCUT2D eigenvalue weighted by Crippen LogP contribution is -3.00. The van der Waals surface area contributed by atoms with E-state index in [1.807, 2.05) is 84.3 Å². The molecule has 0 fully saturated rings. The molecule has 202 valence electrons. The third-order valence-electron chi connectivity index (χ3n) is 6.62. The number of nitrogens with one attached hydrogen (secondary N) is 1. The van der Waals surface area contributed by atoms with Crippen LogP contribution >= 0.6 is 11.3 Å². The second-order valence-corrected chi connectivity index (χ2v) is 10.3. The maximum absolute atomic E-state index is 15.8. The molecule has 0 unspecified atom stereocenters. The number of allylic oxidation sites excluding steroid dienone is 2. The number of unbranched alkanes of at least 4 members (excludes halogenated alkanes) is 3. The second kappa shape index (κ2) is 13.4. The van der Waals surface area contributed by atoms with Gasteiger partial charge >= 0.3 is 7.26 Å². The Morgan fingerprint density at radius 3 is 2.67 bits per heavy atom. The molecule has 6 nitrogen and oxygen atoms in total. The van der Waals surface area contributed by atoms with Crippen LogP contribution in [0, 0.1) is 0 Å². The average Bonchev–Trinajstić information content (AvgIpc) is 3.69. The maximum Gasteiger partial charge on any atom is 0.846 e. The summed E-state index contributed by atoms with van der Waals surface area (Å²) in [6, 6.07) is 15.4. The van der Waals surface area contributed by atoms with E-state index in [1.54, 1.807) is 20.3 Å². The van der Waals surface area contributed by atoms with Gasteiger partial charge in [0.05, 0.1) is 11.4 Å². The molecule has 1 amide bonds. The maximum atomic E-state index is 15.8. The number of halogens is 2. The number of hydrogen-bond acceptors (Lipinski definition) is 3. The highest BCUT2D eigenvalue weighted by molar-refractivity contribution is 7.12. The van der Waals surface area contributed by atoms with Gasteiger partial charge in [-0.1, -0.05) is 30.7 Å². The molecule has 5 rings (SSSR count). The first-order valence-electron chi connectivity index (χ1n) is 13.1. The van der Waals surface area contributed by atoms with Gasteiger partial charge < -0.3 is 20.5 Å². The minimum atomic E-state index is -1.33. The van der Waals surface area contributed by atoms with Crippen molar-refractivity contribution in [3.63, 3.8) is 0 Å². The molecule has 2 aliphatic heterocycles. The first kappa shape index (κ1) is 28.3. The number of quaternary nitrogens is 1. The molecule has 2 aromatic heterocycles. The number of nitrogens with zero attached hydrogens (tertiary/aromatic N) is 2. The van der Waals surface area contributed by atoms with Crippen molar-refractivity contribution in [1.29, 1.82) is 0 Å². The summed E-state index contributed by atoms with van der Waals surface area (Å²) in [7, 11) is -1.33. The summed E-state index contributed by atoms with van der Waals surface area (Å²) < 4.78 is 24.9. The number of thiophene rings is 1. The van der Waals surface area contributed by atoms with Crippen LogP contribution in [0.3, 0.4) is 0 Å². The molecule has 0 bridgehead atoms. The quantitative estimate of drug-likeness (QED) is 0.264. The molecule has 3 aromatic rings. The number of benzene rings is 1. The van der Waals surface area contributed by atoms with Crippen molar-refractivity contribution >= 4 is 48.4 Å². The molecule has 4 heterocycles. The first-order valence-corrected chi connectivity index (χ1v) is 13.9. The van der Waals surface area contributed by atoms with Gasteiger partial charge in [0.25, 0.3) is 5.91 Å². The van der Waals surface area contributed by atoms with Crippen LogP contribution < -0.4 is 20.5 Å². The number of aromatic nitrogens is 1. The predicted molar refractivity (Wildman–Crippen MR) is 153 cm³/mol. The average molecular weight is 549 g/mol. The highest BCUT2D eigenvalue weighted by atomic mass is 32.1. The van der Waals surface area contributed by atoms with Gasteiger partial charge in [-0.2, -0.15) is 0 Å². The minimum Gasteiger partial charge on any atom is -1.00 e. The number of ether oxygens (including phenoxy) is 1. The first-order chi connectivity index (χ1) is 18.6. The van der Waals surface area contributed by atoms with Gasteiger partial charge in [0.15, 0.2) is 12.3 Å². The van der Waals surface area contributed by atoms with Crippen molar-refractivity contribution in [3.05, 3.63) is 93.6 Å². The Balaban J connectivity index is 0.00000353. The Hall–Kier alpha value is -3.76. The third kappa shape index (κ3) is 6.64. The molecule has 0 aliphatic carbocycles. The van der Waals surface area contributed by atoms with E-state index in [0.717, 1.165) is 65.5 Å². The van der Waals surface area contributed by atoms with Crippen LogP contribution in [-0.4, -0.2) is 47.5 Å². The molecule has 0 radical (unpaired) electrons. The molecule has 2 aliphatic rings. The summed E-state index contributed by atoms with van der Waals surface area (Å²) in [5.41, 5.74) is 8.14. The molecule has 1 aromatic carbocycles. The summed E-state index contributed by atoms with van der Waals surface area (Å²) in [6.07, 6.45) is 14.2. The highest BCUT2D eigenvalue weighted by Crippen LogP contribution is 2.28. The molecular formula is C29H32BF2N4O2S+. The standard InChI is InChI=1S/C29H30BFN4O2S.FH/c31-30-34-23(11-12-24(34)20-25-13-16-27(35(25)30)28-6-5-19-38-28)10-7-22-8-14-26(15-9-22)37-21-29(36)33-18-4-2-1-3-17-32;/h5-16,19-20H,1-4,17-18,21,32H2;1H/p+1/b10-7+;. The van der Waals surface area contributed by atoms with E-state index in [2.05, 4.69) is 11.1 Å². The second-order valence-electron chi connectivity index (χ2n) is 9.31. The zero-order valence-electron chi connectivity index (χ0n) is 21.7. The fourth-order valence-electron chi connectivity index (χ4n) is 4.63. The largest absolute Gasteiger partial charge is 1.00 e. The minimum absolute atomic E-state index is 0. The van der Waals surface area contributed by atoms with Gasteiger partial charge in [-0.25, -0.2) is 8.80 Å². The molecule has 0 atom stereocenters. The third-order valence-corrected chi connectivity index (χ3v) is 7.51. The lowest BCUT2D eigenvalue weighted by Gasteiger charge is -2.14. The summed E-state index contributed by atoms with van der Waals surface area (Å²) >= 11 is 1.60. The van der Waals surface area contributed by atoms with Crippen LogP contribution in [0.2, 0.25) is 0 Å². The molecule has 39 heavy (non-hydrogen) atoms. The zero-order chi connectivity index (χ0) is 26.3. The van der Waals surface area contributed by atoms with E-state index < -0.39 is 7.26 Å². The van der Waals surface area contributed by atoms with Crippen molar-refractivity contribution < 1.29 is 28.8 Å². The number of rotatable bonds is 12. The Morgan fingerprint density at radius 1 is 1.08 bits per heavy atom. The number of carbonyl (C=O) groups is 1. The molecule has 0 saturated carbocycles. The summed E-state index contributed by atoms with van der Waals surface area (Å²) in [5, 5.41) is 4.90. The van der Waals surface area contributed by atoms with Crippen molar-refractivity contribution in [2.75, 3.05) is 19.7 Å². The van der Waals surface area contributed by atoms with Crippen molar-refractivity contribution in [2.45, 2.75) is 25.7 Å². The summed E-state index contributed by atoms with van der Waals surface area (Å²) in [5.74, 6) is 0.516. The molecular weight excluding hydrogens is 517 g/mol. The smallest absolute Gasteiger partial charge is 0.846 e. The van der Waals surface area contributed by atoms with Gasteiger partial charge in [-0.05, 0) is 66.6 Å². The van der Waals surface area contributed by atoms with E-state index in [0.29, 0.717) is 12.3 Å². The molecule has 0 spiro atoms. The lowest BCUT2D eigenvalue weighted by molar-refractivity contribution is -0.368. The fraction of sp³-hybridized carbons (Fsp3) is 0.241. The van der Waals surface area contributed by atoms with Crippen molar-refractivity contribution in [1.82, 2.24) is 9.79 Å². The predicted octanol–water partition coefficient (Wildman–Crippen LogP) is 1.25. The topological polar surface area (TPSA) is 73.9 Å². The Bertz CT molecular complexity index is 1400. The number of fused-ring (bicyclic) bond motifs is 2. The molecule has 0 saturated heterocycles. The Labute approximate surface area is 231 Å². The summed E-state index contributed by atoms with van der Waals surface area (Å²) in [6.45, 7) is 1.63. The van der Waals surface area contributed by atoms with Gasteiger partial charge in [0.1, 0.15) is 5.75 Å². The van der Waals surface area contributed by atoms with Gasteiger partial charge in [0.2, 0.25) is 5.71 Å². The Kier molecular flexibility index (Phi) is 9.67. The van der Waals surface area contributed by atoms with E-state index in [9.17, 15) is 4.79 Å². The fourth-order valence-corrected chi connectivity index (χ4v) is 5.38. The number of carbonyl (C=O) groups excluding carboxylic acids is 1. The van der Waals surface area contributed by atoms with Crippen LogP contribution in [0.4, 0.5) is 4.32 Å². The van der Waals surface area contributed by atoms with Crippen LogP contribution in [0.25, 0.3) is 18.2 Å². The van der Waals surface area contributed by atoms with Crippen LogP contribution in [0.1, 0.15) is 47.5 Å². The molecule has 4 N–H and O–H groups in total. The highest BCUT2D eigenvalue weighted by Gasteiger charge is 2.47. The SMILES string of the molecule is [F-].[NH3+]CCCCCCNC(=O)COc1ccc(/C=C/c2ccc3n2B(F)[N+]2=C(c4cccs4)C=CC2=C3)cc1. The van der Waals surface area contributed by atoms with Crippen LogP contribution in [0.5, 0.6) is 5.75 Å². The normalized spacial score (nSPS) is 13.8. The number of amides is 1.